The molecule has 0 aromatic heterocycles. The van der Waals surface area contributed by atoms with E-state index in [1.54, 1.807) is 20.8 Å². The fourth-order valence-corrected chi connectivity index (χ4v) is 3.33. The van der Waals surface area contributed by atoms with Gasteiger partial charge in [-0.25, -0.2) is 8.42 Å². The predicted octanol–water partition coefficient (Wildman–Crippen LogP) is 2.57. The molecular formula is C15H21F2NO4S. The molecule has 130 valence electrons. The smallest absolute Gasteiger partial charge is 0.387 e. The fraction of sp³-hybridized carbons (Fsp3) is 0.533. The lowest BCUT2D eigenvalue weighted by atomic mass is 10.1. The van der Waals surface area contributed by atoms with Crippen molar-refractivity contribution in [3.05, 3.63) is 29.8 Å². The zero-order valence-electron chi connectivity index (χ0n) is 13.3. The molecule has 1 rings (SSSR count). The number of ether oxygens (including phenoxy) is 1. The number of carbonyl (C=O) groups excluding carboxylic acids is 1. The third-order valence-corrected chi connectivity index (χ3v) is 5.26. The highest BCUT2D eigenvalue weighted by atomic mass is 32.2. The first-order chi connectivity index (χ1) is 10.7. The van der Waals surface area contributed by atoms with E-state index in [4.69, 9.17) is 0 Å². The van der Waals surface area contributed by atoms with Gasteiger partial charge >= 0.3 is 6.61 Å². The molecule has 0 spiro atoms. The Morgan fingerprint density at radius 1 is 1.22 bits per heavy atom. The molecule has 0 fully saturated rings. The van der Waals surface area contributed by atoms with Gasteiger partial charge in [0.1, 0.15) is 5.75 Å². The number of amides is 1. The third kappa shape index (κ3) is 5.78. The Morgan fingerprint density at radius 3 is 2.22 bits per heavy atom. The molecule has 5 nitrogen and oxygen atoms in total. The second-order valence-electron chi connectivity index (χ2n) is 5.04. The molecule has 0 aliphatic rings. The van der Waals surface area contributed by atoms with Crippen molar-refractivity contribution in [2.24, 2.45) is 0 Å². The van der Waals surface area contributed by atoms with Gasteiger partial charge in [0.2, 0.25) is 0 Å². The summed E-state index contributed by atoms with van der Waals surface area (Å²) in [5.74, 6) is -0.491. The zero-order valence-corrected chi connectivity index (χ0v) is 14.1. The van der Waals surface area contributed by atoms with E-state index in [1.807, 2.05) is 0 Å². The van der Waals surface area contributed by atoms with Crippen LogP contribution in [0.25, 0.3) is 0 Å². The molecule has 0 aliphatic carbocycles. The second-order valence-corrected chi connectivity index (χ2v) is 7.44. The van der Waals surface area contributed by atoms with Crippen LogP contribution in [0.15, 0.2) is 24.3 Å². The van der Waals surface area contributed by atoms with Gasteiger partial charge in [-0.1, -0.05) is 6.92 Å². The summed E-state index contributed by atoms with van der Waals surface area (Å²) in [5, 5.41) is 0. The van der Waals surface area contributed by atoms with Crippen molar-refractivity contribution < 1.29 is 26.7 Å². The molecule has 0 radical (unpaired) electrons. The minimum Gasteiger partial charge on any atom is -0.435 e. The Balaban J connectivity index is 2.87. The first-order valence-corrected chi connectivity index (χ1v) is 9.08. The minimum absolute atomic E-state index is 0.0166. The van der Waals surface area contributed by atoms with Crippen LogP contribution in [0.1, 0.15) is 31.1 Å². The van der Waals surface area contributed by atoms with Crippen LogP contribution >= 0.6 is 0 Å². The Bertz CT molecular complexity index is 617. The summed E-state index contributed by atoms with van der Waals surface area (Å²) in [6.45, 7) is 2.39. The van der Waals surface area contributed by atoms with E-state index in [0.29, 0.717) is 6.54 Å². The summed E-state index contributed by atoms with van der Waals surface area (Å²) in [5.41, 5.74) is 0.286. The van der Waals surface area contributed by atoms with E-state index in [2.05, 4.69) is 4.74 Å². The summed E-state index contributed by atoms with van der Waals surface area (Å²) in [4.78, 5) is 13.9. The molecule has 0 aliphatic heterocycles. The van der Waals surface area contributed by atoms with E-state index in [0.717, 1.165) is 0 Å². The average Bonchev–Trinajstić information content (AvgIpc) is 2.47. The molecule has 23 heavy (non-hydrogen) atoms. The minimum atomic E-state index is -3.21. The topological polar surface area (TPSA) is 63.7 Å². The van der Waals surface area contributed by atoms with Gasteiger partial charge in [-0.3, -0.25) is 4.79 Å². The highest BCUT2D eigenvalue weighted by Gasteiger charge is 2.24. The fourth-order valence-electron chi connectivity index (χ4n) is 2.18. The molecule has 0 saturated heterocycles. The van der Waals surface area contributed by atoms with Gasteiger partial charge in [0, 0.05) is 23.9 Å². The van der Waals surface area contributed by atoms with Crippen LogP contribution in [0, 0.1) is 0 Å². The lowest BCUT2D eigenvalue weighted by molar-refractivity contribution is -0.0498. The summed E-state index contributed by atoms with van der Waals surface area (Å²) < 4.78 is 51.9. The van der Waals surface area contributed by atoms with E-state index < -0.39 is 22.5 Å². The van der Waals surface area contributed by atoms with Gasteiger partial charge in [-0.15, -0.1) is 0 Å². The Labute approximate surface area is 135 Å². The SMILES string of the molecule is CCN(C(=O)c1ccc(OC(F)F)cc1)C(C)CS(=O)(=O)CC. The van der Waals surface area contributed by atoms with Crippen molar-refractivity contribution in [2.75, 3.05) is 18.1 Å². The maximum Gasteiger partial charge on any atom is 0.387 e. The van der Waals surface area contributed by atoms with E-state index >= 15 is 0 Å². The van der Waals surface area contributed by atoms with Crippen molar-refractivity contribution in [3.63, 3.8) is 0 Å². The molecule has 8 heteroatoms. The number of benzene rings is 1. The molecular weight excluding hydrogens is 328 g/mol. The normalized spacial score (nSPS) is 13.0. The van der Waals surface area contributed by atoms with E-state index in [9.17, 15) is 22.0 Å². The van der Waals surface area contributed by atoms with Crippen LogP contribution in [0.2, 0.25) is 0 Å². The van der Waals surface area contributed by atoms with Gasteiger partial charge in [-0.05, 0) is 38.1 Å². The number of alkyl halides is 2. The molecule has 1 aromatic rings. The van der Waals surface area contributed by atoms with Crippen LogP contribution < -0.4 is 4.74 Å². The molecule has 0 bridgehead atoms. The highest BCUT2D eigenvalue weighted by molar-refractivity contribution is 7.91. The number of sulfone groups is 1. The first kappa shape index (κ1) is 19.3. The van der Waals surface area contributed by atoms with Crippen LogP contribution in [-0.2, 0) is 9.84 Å². The van der Waals surface area contributed by atoms with Crippen molar-refractivity contribution in [2.45, 2.75) is 33.4 Å². The first-order valence-electron chi connectivity index (χ1n) is 7.26. The highest BCUT2D eigenvalue weighted by Crippen LogP contribution is 2.17. The van der Waals surface area contributed by atoms with Crippen molar-refractivity contribution in [1.29, 1.82) is 0 Å². The number of hydrogen-bond acceptors (Lipinski definition) is 4. The molecule has 1 unspecified atom stereocenters. The number of hydrogen-bond donors (Lipinski definition) is 0. The molecule has 0 heterocycles. The monoisotopic (exact) mass is 349 g/mol. The van der Waals surface area contributed by atoms with E-state index in [1.165, 1.54) is 29.2 Å². The summed E-state index contributed by atoms with van der Waals surface area (Å²) in [6.07, 6.45) is 0. The largest absolute Gasteiger partial charge is 0.435 e. The van der Waals surface area contributed by atoms with Gasteiger partial charge < -0.3 is 9.64 Å². The average molecular weight is 349 g/mol. The lowest BCUT2D eigenvalue weighted by Crippen LogP contribution is -2.42. The quantitative estimate of drug-likeness (QED) is 0.724. The van der Waals surface area contributed by atoms with Crippen molar-refractivity contribution >= 4 is 15.7 Å². The number of nitrogens with zero attached hydrogens (tertiary/aromatic N) is 1. The third-order valence-electron chi connectivity index (χ3n) is 3.40. The second kappa shape index (κ2) is 8.24. The van der Waals surface area contributed by atoms with Crippen LogP contribution in [0.4, 0.5) is 8.78 Å². The number of halogens is 2. The van der Waals surface area contributed by atoms with Gasteiger partial charge in [0.25, 0.3) is 5.91 Å². The molecule has 1 atom stereocenters. The molecule has 1 aromatic carbocycles. The maximum atomic E-state index is 12.5. The number of rotatable bonds is 8. The molecule has 0 saturated carbocycles. The van der Waals surface area contributed by atoms with Crippen LogP contribution in [-0.4, -0.2) is 49.9 Å². The number of carbonyl (C=O) groups is 1. The Hall–Kier alpha value is -1.70. The van der Waals surface area contributed by atoms with Crippen LogP contribution in [0.3, 0.4) is 0 Å². The van der Waals surface area contributed by atoms with Crippen LogP contribution in [0.5, 0.6) is 5.75 Å². The lowest BCUT2D eigenvalue weighted by Gasteiger charge is -2.28. The van der Waals surface area contributed by atoms with E-state index in [-0.39, 0.29) is 28.7 Å². The van der Waals surface area contributed by atoms with Gasteiger partial charge in [0.15, 0.2) is 9.84 Å². The predicted molar refractivity (Wildman–Crippen MR) is 83.6 cm³/mol. The maximum absolute atomic E-state index is 12.5. The summed E-state index contributed by atoms with van der Waals surface area (Å²) in [7, 11) is -3.21. The zero-order chi connectivity index (χ0) is 17.6. The van der Waals surface area contributed by atoms with Gasteiger partial charge in [-0.2, -0.15) is 8.78 Å². The summed E-state index contributed by atoms with van der Waals surface area (Å²) >= 11 is 0. The van der Waals surface area contributed by atoms with Crippen molar-refractivity contribution in [1.82, 2.24) is 4.90 Å². The Morgan fingerprint density at radius 2 is 1.78 bits per heavy atom. The van der Waals surface area contributed by atoms with Gasteiger partial charge in [0.05, 0.1) is 5.75 Å². The standard InChI is InChI=1S/C15H21F2NO4S/c1-4-18(11(3)10-23(20,21)5-2)14(19)12-6-8-13(9-7-12)22-15(16)17/h6-9,11,15H,4-5,10H2,1-3H3. The molecule has 0 N–H and O–H groups in total. The molecule has 1 amide bonds. The summed E-state index contributed by atoms with van der Waals surface area (Å²) in [6, 6.07) is 4.84. The van der Waals surface area contributed by atoms with Crippen molar-refractivity contribution in [3.8, 4) is 5.75 Å². The Kier molecular flexibility index (Phi) is 6.93.